The Morgan fingerprint density at radius 2 is 1.57 bits per heavy atom. The number of benzene rings is 3. The van der Waals surface area contributed by atoms with Gasteiger partial charge in [0.05, 0.1) is 5.39 Å². The molecule has 0 saturated carbocycles. The summed E-state index contributed by atoms with van der Waals surface area (Å²) in [6, 6.07) is 24.2. The maximum Gasteiger partial charge on any atom is 0.260 e. The summed E-state index contributed by atoms with van der Waals surface area (Å²) in [6.07, 6.45) is 0. The molecule has 0 atom stereocenters. The van der Waals surface area contributed by atoms with E-state index in [1.165, 1.54) is 5.56 Å². The van der Waals surface area contributed by atoms with E-state index in [2.05, 4.69) is 4.90 Å². The van der Waals surface area contributed by atoms with Crippen LogP contribution in [0.4, 0.5) is 0 Å². The number of hydrogen-bond donors (Lipinski definition) is 0. The average Bonchev–Trinajstić information content (AvgIpc) is 2.90. The van der Waals surface area contributed by atoms with Crippen LogP contribution in [-0.4, -0.2) is 48.5 Å². The highest BCUT2D eigenvalue weighted by atomic mass is 35.5. The van der Waals surface area contributed by atoms with Gasteiger partial charge in [-0.1, -0.05) is 66.2 Å². The fraction of sp³-hybridized carbons (Fsp3) is 0.214. The molecule has 35 heavy (non-hydrogen) atoms. The minimum atomic E-state index is -0.286. The zero-order valence-corrected chi connectivity index (χ0v) is 19.9. The highest BCUT2D eigenvalue weighted by Gasteiger charge is 2.23. The van der Waals surface area contributed by atoms with Gasteiger partial charge >= 0.3 is 0 Å². The first-order valence-corrected chi connectivity index (χ1v) is 11.9. The molecular formula is C28H25ClN2O4. The predicted octanol–water partition coefficient (Wildman–Crippen LogP) is 4.84. The van der Waals surface area contributed by atoms with Crippen LogP contribution in [0.1, 0.15) is 5.56 Å². The molecule has 2 heterocycles. The van der Waals surface area contributed by atoms with Crippen molar-refractivity contribution in [1.29, 1.82) is 0 Å². The van der Waals surface area contributed by atoms with Gasteiger partial charge in [-0.2, -0.15) is 0 Å². The van der Waals surface area contributed by atoms with Crippen molar-refractivity contribution in [3.63, 3.8) is 0 Å². The molecule has 1 amide bonds. The molecule has 1 aromatic heterocycles. The number of fused-ring (bicyclic) bond motifs is 1. The van der Waals surface area contributed by atoms with Crippen molar-refractivity contribution in [1.82, 2.24) is 9.80 Å². The third-order valence-corrected chi connectivity index (χ3v) is 6.43. The second-order valence-electron chi connectivity index (χ2n) is 8.52. The van der Waals surface area contributed by atoms with Crippen LogP contribution < -0.4 is 10.2 Å². The zero-order chi connectivity index (χ0) is 24.2. The largest absolute Gasteiger partial charge is 0.476 e. The van der Waals surface area contributed by atoms with E-state index in [1.54, 1.807) is 23.1 Å². The van der Waals surface area contributed by atoms with Gasteiger partial charge in [-0.05, 0) is 29.8 Å². The van der Waals surface area contributed by atoms with Gasteiger partial charge in [0.1, 0.15) is 5.58 Å². The lowest BCUT2D eigenvalue weighted by Crippen LogP contribution is -2.49. The minimum Gasteiger partial charge on any atom is -0.476 e. The van der Waals surface area contributed by atoms with Crippen molar-refractivity contribution in [3.8, 4) is 17.1 Å². The first-order chi connectivity index (χ1) is 17.1. The van der Waals surface area contributed by atoms with Crippen molar-refractivity contribution in [3.05, 3.63) is 99.7 Å². The van der Waals surface area contributed by atoms with E-state index in [0.717, 1.165) is 24.7 Å². The molecular weight excluding hydrogens is 464 g/mol. The number of para-hydroxylation sites is 1. The van der Waals surface area contributed by atoms with Gasteiger partial charge in [-0.3, -0.25) is 14.5 Å². The summed E-state index contributed by atoms with van der Waals surface area (Å²) in [6.45, 7) is 3.33. The molecule has 0 unspecified atom stereocenters. The first kappa shape index (κ1) is 23.1. The summed E-state index contributed by atoms with van der Waals surface area (Å²) in [4.78, 5) is 30.2. The number of ether oxygens (including phenoxy) is 1. The van der Waals surface area contributed by atoms with Crippen LogP contribution in [0.15, 0.2) is 88.1 Å². The quantitative estimate of drug-likeness (QED) is 0.389. The first-order valence-electron chi connectivity index (χ1n) is 11.6. The van der Waals surface area contributed by atoms with Crippen molar-refractivity contribution < 1.29 is 13.9 Å². The summed E-state index contributed by atoms with van der Waals surface area (Å²) in [7, 11) is 0. The molecule has 0 bridgehead atoms. The monoisotopic (exact) mass is 488 g/mol. The van der Waals surface area contributed by atoms with E-state index in [1.807, 2.05) is 60.7 Å². The van der Waals surface area contributed by atoms with E-state index in [0.29, 0.717) is 35.4 Å². The van der Waals surface area contributed by atoms with Crippen LogP contribution in [0.3, 0.4) is 0 Å². The average molecular weight is 489 g/mol. The van der Waals surface area contributed by atoms with Crippen LogP contribution >= 0.6 is 11.6 Å². The Labute approximate surface area is 208 Å². The maximum atomic E-state index is 13.2. The number of carbonyl (C=O) groups excluding carboxylic acids is 1. The van der Waals surface area contributed by atoms with Crippen molar-refractivity contribution in [2.24, 2.45) is 0 Å². The molecule has 4 aromatic rings. The summed E-state index contributed by atoms with van der Waals surface area (Å²) < 4.78 is 11.9. The summed E-state index contributed by atoms with van der Waals surface area (Å²) >= 11 is 5.97. The maximum absolute atomic E-state index is 13.2. The van der Waals surface area contributed by atoms with Gasteiger partial charge in [0, 0.05) is 43.3 Å². The van der Waals surface area contributed by atoms with E-state index >= 15 is 0 Å². The summed E-state index contributed by atoms with van der Waals surface area (Å²) in [5.41, 5.74) is 2.10. The standard InChI is InChI=1S/C28H25ClN2O4/c29-22-12-10-20(11-13-22)18-30-14-16-31(17-15-30)25(32)19-34-28-26(33)23-8-4-5-9-24(23)35-27(28)21-6-2-1-3-7-21/h1-13H,14-19H2. The number of carbonyl (C=O) groups is 1. The summed E-state index contributed by atoms with van der Waals surface area (Å²) in [5, 5.41) is 1.14. The lowest BCUT2D eigenvalue weighted by Gasteiger charge is -2.34. The number of amides is 1. The molecule has 178 valence electrons. The zero-order valence-electron chi connectivity index (χ0n) is 19.2. The lowest BCUT2D eigenvalue weighted by atomic mass is 10.1. The Hall–Kier alpha value is -3.61. The second kappa shape index (κ2) is 10.3. The fourth-order valence-electron chi connectivity index (χ4n) is 4.26. The van der Waals surface area contributed by atoms with Crippen LogP contribution in [0, 0.1) is 0 Å². The SMILES string of the molecule is O=C(COc1c(-c2ccccc2)oc2ccccc2c1=O)N1CCN(Cc2ccc(Cl)cc2)CC1. The van der Waals surface area contributed by atoms with E-state index in [9.17, 15) is 9.59 Å². The Kier molecular flexibility index (Phi) is 6.84. The smallest absolute Gasteiger partial charge is 0.260 e. The number of hydrogen-bond acceptors (Lipinski definition) is 5. The molecule has 1 fully saturated rings. The summed E-state index contributed by atoms with van der Waals surface area (Å²) in [5.74, 6) is 0.238. The van der Waals surface area contributed by atoms with E-state index in [4.69, 9.17) is 20.8 Å². The van der Waals surface area contributed by atoms with Gasteiger partial charge in [0.25, 0.3) is 5.91 Å². The molecule has 0 spiro atoms. The molecule has 7 heteroatoms. The molecule has 0 N–H and O–H groups in total. The Morgan fingerprint density at radius 1 is 0.886 bits per heavy atom. The molecule has 6 nitrogen and oxygen atoms in total. The van der Waals surface area contributed by atoms with Crippen LogP contribution in [0.2, 0.25) is 5.02 Å². The van der Waals surface area contributed by atoms with Gasteiger partial charge in [0.15, 0.2) is 12.4 Å². The van der Waals surface area contributed by atoms with E-state index in [-0.39, 0.29) is 23.7 Å². The van der Waals surface area contributed by atoms with Gasteiger partial charge in [0.2, 0.25) is 11.2 Å². The normalized spacial score (nSPS) is 14.3. The van der Waals surface area contributed by atoms with Gasteiger partial charge in [-0.25, -0.2) is 0 Å². The van der Waals surface area contributed by atoms with Crippen LogP contribution in [0.5, 0.6) is 5.75 Å². The number of halogens is 1. The third kappa shape index (κ3) is 5.24. The Bertz CT molecular complexity index is 1380. The van der Waals surface area contributed by atoms with Crippen LogP contribution in [0.25, 0.3) is 22.3 Å². The Balaban J connectivity index is 1.27. The molecule has 1 saturated heterocycles. The fourth-order valence-corrected chi connectivity index (χ4v) is 4.39. The number of nitrogens with zero attached hydrogens (tertiary/aromatic N) is 2. The topological polar surface area (TPSA) is 63.0 Å². The molecule has 1 aliphatic heterocycles. The lowest BCUT2D eigenvalue weighted by molar-refractivity contribution is -0.135. The van der Waals surface area contributed by atoms with Crippen molar-refractivity contribution in [2.75, 3.05) is 32.8 Å². The van der Waals surface area contributed by atoms with E-state index < -0.39 is 0 Å². The van der Waals surface area contributed by atoms with Gasteiger partial charge < -0.3 is 14.1 Å². The highest BCUT2D eigenvalue weighted by Crippen LogP contribution is 2.30. The molecule has 1 aliphatic rings. The number of piperazine rings is 1. The minimum absolute atomic E-state index is 0.0598. The second-order valence-corrected chi connectivity index (χ2v) is 8.96. The number of rotatable bonds is 6. The Morgan fingerprint density at radius 3 is 2.31 bits per heavy atom. The molecule has 5 rings (SSSR count). The van der Waals surface area contributed by atoms with Gasteiger partial charge in [-0.15, -0.1) is 0 Å². The van der Waals surface area contributed by atoms with Crippen molar-refractivity contribution >= 4 is 28.5 Å². The molecule has 0 radical (unpaired) electrons. The third-order valence-electron chi connectivity index (χ3n) is 6.18. The molecule has 3 aromatic carbocycles. The molecule has 0 aliphatic carbocycles. The van der Waals surface area contributed by atoms with Crippen molar-refractivity contribution in [2.45, 2.75) is 6.54 Å². The predicted molar refractivity (Wildman–Crippen MR) is 137 cm³/mol. The van der Waals surface area contributed by atoms with Crippen LogP contribution in [-0.2, 0) is 11.3 Å². The highest BCUT2D eigenvalue weighted by molar-refractivity contribution is 6.30.